The molecule has 1 aromatic heterocycles. The molecular weight excluding hydrogens is 300 g/mol. The number of carbonyl (C=O) groups is 3. The molecule has 120 valence electrons. The number of aromatic nitrogens is 1. The fourth-order valence-electron chi connectivity index (χ4n) is 2.45. The second-order valence-electron chi connectivity index (χ2n) is 5.86. The van der Waals surface area contributed by atoms with Gasteiger partial charge in [-0.05, 0) is 31.5 Å². The van der Waals surface area contributed by atoms with Crippen LogP contribution in [0.4, 0.5) is 5.69 Å². The highest BCUT2D eigenvalue weighted by atomic mass is 16.4. The van der Waals surface area contributed by atoms with E-state index in [1.165, 1.54) is 0 Å². The number of carbonyl (C=O) groups excluding carboxylic acids is 3. The first-order valence-corrected chi connectivity index (χ1v) is 7.16. The summed E-state index contributed by atoms with van der Waals surface area (Å²) in [5.41, 5.74) is 5.83. The second-order valence-corrected chi connectivity index (χ2v) is 5.86. The number of nitrogens with zero attached hydrogens (tertiary/aromatic N) is 1. The third-order valence-electron chi connectivity index (χ3n) is 3.98. The third kappa shape index (κ3) is 2.87. The van der Waals surface area contributed by atoms with Crippen LogP contribution >= 0.6 is 0 Å². The van der Waals surface area contributed by atoms with Gasteiger partial charge in [0.1, 0.15) is 5.52 Å². The second kappa shape index (κ2) is 5.38. The summed E-state index contributed by atoms with van der Waals surface area (Å²) >= 11 is 0. The van der Waals surface area contributed by atoms with Crippen molar-refractivity contribution in [3.63, 3.8) is 0 Å². The molecule has 0 aliphatic carbocycles. The van der Waals surface area contributed by atoms with E-state index in [1.54, 1.807) is 18.2 Å². The lowest BCUT2D eigenvalue weighted by atomic mass is 9.81. The third-order valence-corrected chi connectivity index (χ3v) is 3.98. The molecule has 0 bridgehead atoms. The number of piperidine rings is 1. The lowest BCUT2D eigenvalue weighted by Gasteiger charge is -2.32. The molecule has 8 heteroatoms. The van der Waals surface area contributed by atoms with Gasteiger partial charge in [-0.15, -0.1) is 0 Å². The van der Waals surface area contributed by atoms with Crippen molar-refractivity contribution in [2.24, 2.45) is 11.1 Å². The van der Waals surface area contributed by atoms with Gasteiger partial charge >= 0.3 is 5.91 Å². The molecule has 1 aliphatic rings. The Balaban J connectivity index is 1.79. The minimum Gasteiger partial charge on any atom is -0.432 e. The number of hydrogen-bond donors (Lipinski definition) is 3. The molecule has 4 N–H and O–H groups in total. The van der Waals surface area contributed by atoms with E-state index in [1.807, 2.05) is 6.92 Å². The van der Waals surface area contributed by atoms with Crippen LogP contribution in [0, 0.1) is 5.41 Å². The number of rotatable bonds is 3. The van der Waals surface area contributed by atoms with Gasteiger partial charge in [-0.25, -0.2) is 4.98 Å². The molecule has 2 heterocycles. The van der Waals surface area contributed by atoms with Crippen molar-refractivity contribution < 1.29 is 18.8 Å². The van der Waals surface area contributed by atoms with Gasteiger partial charge in [-0.3, -0.25) is 14.4 Å². The first kappa shape index (κ1) is 15.0. The van der Waals surface area contributed by atoms with E-state index in [0.29, 0.717) is 36.2 Å². The highest BCUT2D eigenvalue weighted by molar-refractivity contribution is 5.98. The lowest BCUT2D eigenvalue weighted by molar-refractivity contribution is -0.130. The van der Waals surface area contributed by atoms with Gasteiger partial charge in [0, 0.05) is 18.7 Å². The Hall–Kier alpha value is -2.90. The van der Waals surface area contributed by atoms with Crippen molar-refractivity contribution >= 4 is 34.5 Å². The zero-order chi connectivity index (χ0) is 16.6. The summed E-state index contributed by atoms with van der Waals surface area (Å²) in [7, 11) is 0. The molecule has 1 unspecified atom stereocenters. The van der Waals surface area contributed by atoms with Crippen LogP contribution in [0.15, 0.2) is 22.6 Å². The smallest absolute Gasteiger partial charge is 0.304 e. The van der Waals surface area contributed by atoms with Crippen LogP contribution in [0.2, 0.25) is 0 Å². The zero-order valence-corrected chi connectivity index (χ0v) is 12.5. The van der Waals surface area contributed by atoms with Gasteiger partial charge in [-0.1, -0.05) is 0 Å². The van der Waals surface area contributed by atoms with E-state index in [9.17, 15) is 14.4 Å². The first-order chi connectivity index (χ1) is 10.9. The topological polar surface area (TPSA) is 127 Å². The Morgan fingerprint density at radius 2 is 2.22 bits per heavy atom. The van der Waals surface area contributed by atoms with Crippen LogP contribution in [0.3, 0.4) is 0 Å². The van der Waals surface area contributed by atoms with Crippen LogP contribution in [0.1, 0.15) is 30.5 Å². The molecule has 0 saturated carbocycles. The summed E-state index contributed by atoms with van der Waals surface area (Å²) in [5.74, 6) is -1.16. The number of nitrogens with one attached hydrogen (secondary N) is 2. The van der Waals surface area contributed by atoms with Crippen molar-refractivity contribution in [1.29, 1.82) is 0 Å². The molecule has 1 fully saturated rings. The van der Waals surface area contributed by atoms with E-state index in [4.69, 9.17) is 10.2 Å². The van der Waals surface area contributed by atoms with E-state index in [-0.39, 0.29) is 17.7 Å². The molecule has 23 heavy (non-hydrogen) atoms. The summed E-state index contributed by atoms with van der Waals surface area (Å²) in [6.07, 6.45) is 0.816. The van der Waals surface area contributed by atoms with Crippen molar-refractivity contribution in [2.75, 3.05) is 11.9 Å². The van der Waals surface area contributed by atoms with Crippen molar-refractivity contribution in [3.8, 4) is 0 Å². The predicted molar refractivity (Wildman–Crippen MR) is 81.5 cm³/mol. The SMILES string of the molecule is CC1(C(=O)Nc2ccc3oc(C(N)=O)nc3c2)CCC(=O)NC1. The Morgan fingerprint density at radius 3 is 2.87 bits per heavy atom. The first-order valence-electron chi connectivity index (χ1n) is 7.16. The summed E-state index contributed by atoms with van der Waals surface area (Å²) in [6, 6.07) is 4.87. The number of primary amides is 1. The van der Waals surface area contributed by atoms with E-state index in [2.05, 4.69) is 15.6 Å². The van der Waals surface area contributed by atoms with Gasteiger partial charge in [0.15, 0.2) is 5.58 Å². The fraction of sp³-hybridized carbons (Fsp3) is 0.333. The summed E-state index contributed by atoms with van der Waals surface area (Å²) in [5, 5.41) is 5.52. The molecule has 8 nitrogen and oxygen atoms in total. The average molecular weight is 316 g/mol. The minimum atomic E-state index is -0.753. The summed E-state index contributed by atoms with van der Waals surface area (Å²) < 4.78 is 5.19. The van der Waals surface area contributed by atoms with Crippen molar-refractivity contribution in [1.82, 2.24) is 10.3 Å². The number of fused-ring (bicyclic) bond motifs is 1. The molecule has 1 atom stereocenters. The van der Waals surface area contributed by atoms with E-state index >= 15 is 0 Å². The number of hydrogen-bond acceptors (Lipinski definition) is 5. The van der Waals surface area contributed by atoms with Crippen LogP contribution in [0.25, 0.3) is 11.1 Å². The van der Waals surface area contributed by atoms with Crippen LogP contribution in [-0.4, -0.2) is 29.3 Å². The Bertz CT molecular complexity index is 801. The van der Waals surface area contributed by atoms with Crippen molar-refractivity contribution in [3.05, 3.63) is 24.1 Å². The maximum atomic E-state index is 12.5. The number of nitrogens with two attached hydrogens (primary N) is 1. The van der Waals surface area contributed by atoms with Gasteiger partial charge < -0.3 is 20.8 Å². The van der Waals surface area contributed by atoms with Gasteiger partial charge in [0.25, 0.3) is 5.89 Å². The Morgan fingerprint density at radius 1 is 1.43 bits per heavy atom. The number of oxazole rings is 1. The summed E-state index contributed by atoms with van der Waals surface area (Å²) in [6.45, 7) is 2.11. The molecular formula is C15H16N4O4. The molecule has 1 aliphatic heterocycles. The quantitative estimate of drug-likeness (QED) is 0.771. The zero-order valence-electron chi connectivity index (χ0n) is 12.5. The van der Waals surface area contributed by atoms with Crippen LogP contribution < -0.4 is 16.4 Å². The molecule has 2 aromatic rings. The molecule has 0 radical (unpaired) electrons. The van der Waals surface area contributed by atoms with Gasteiger partial charge in [-0.2, -0.15) is 0 Å². The van der Waals surface area contributed by atoms with Crippen LogP contribution in [0.5, 0.6) is 0 Å². The Labute approximate surface area is 131 Å². The minimum absolute atomic E-state index is 0.0433. The van der Waals surface area contributed by atoms with Crippen LogP contribution in [-0.2, 0) is 9.59 Å². The lowest BCUT2D eigenvalue weighted by Crippen LogP contribution is -2.48. The molecule has 0 spiro atoms. The summed E-state index contributed by atoms with van der Waals surface area (Å²) in [4.78, 5) is 38.7. The van der Waals surface area contributed by atoms with Gasteiger partial charge in [0.2, 0.25) is 11.8 Å². The monoisotopic (exact) mass is 316 g/mol. The highest BCUT2D eigenvalue weighted by Gasteiger charge is 2.37. The van der Waals surface area contributed by atoms with Crippen molar-refractivity contribution in [2.45, 2.75) is 19.8 Å². The molecule has 3 amide bonds. The number of benzene rings is 1. The molecule has 3 rings (SSSR count). The van der Waals surface area contributed by atoms with E-state index in [0.717, 1.165) is 0 Å². The number of anilines is 1. The standard InChI is InChI=1S/C15H16N4O4/c1-15(5-4-11(20)17-7-15)14(22)18-8-2-3-10-9(6-8)19-13(23-10)12(16)21/h2-3,6H,4-5,7H2,1H3,(H2,16,21)(H,17,20)(H,18,22). The number of amides is 3. The Kier molecular flexibility index (Phi) is 3.51. The van der Waals surface area contributed by atoms with Gasteiger partial charge in [0.05, 0.1) is 5.41 Å². The maximum Gasteiger partial charge on any atom is 0.304 e. The maximum absolute atomic E-state index is 12.5. The molecule has 1 aromatic carbocycles. The predicted octanol–water partition coefficient (Wildman–Crippen LogP) is 0.781. The normalized spacial score (nSPS) is 21.0. The average Bonchev–Trinajstić information content (AvgIpc) is 2.94. The highest BCUT2D eigenvalue weighted by Crippen LogP contribution is 2.28. The van der Waals surface area contributed by atoms with E-state index < -0.39 is 11.3 Å². The molecule has 1 saturated heterocycles. The largest absolute Gasteiger partial charge is 0.432 e. The fourth-order valence-corrected chi connectivity index (χ4v) is 2.45.